The maximum Gasteiger partial charge on any atom is 0.317 e. The van der Waals surface area contributed by atoms with Crippen molar-refractivity contribution in [1.82, 2.24) is 0 Å². The molecule has 0 aliphatic heterocycles. The molecule has 0 aliphatic rings. The Labute approximate surface area is 79.5 Å². The quantitative estimate of drug-likeness (QED) is 0.401. The molecule has 0 aromatic heterocycles. The summed E-state index contributed by atoms with van der Waals surface area (Å²) in [5, 5.41) is 0. The van der Waals surface area contributed by atoms with Gasteiger partial charge in [-0.05, 0) is 12.8 Å². The summed E-state index contributed by atoms with van der Waals surface area (Å²) in [4.78, 5) is 23.5. The number of nitrogens with zero attached hydrogens (tertiary/aromatic N) is 1. The van der Waals surface area contributed by atoms with E-state index in [-0.39, 0.29) is 5.97 Å². The molecule has 0 unspecified atom stereocenters. The molecule has 0 rings (SSSR count). The zero-order chi connectivity index (χ0) is 9.23. The average Bonchev–Trinajstić information content (AvgIpc) is 2.10. The van der Waals surface area contributed by atoms with Crippen LogP contribution >= 0.6 is 16.3 Å². The first-order chi connectivity index (χ1) is 5.81. The molecule has 0 saturated heterocycles. The summed E-state index contributed by atoms with van der Waals surface area (Å²) in [7, 11) is 0. The third-order valence-corrected chi connectivity index (χ3v) is 1.66. The van der Waals surface area contributed by atoms with Gasteiger partial charge in [0.1, 0.15) is 0 Å². The van der Waals surface area contributed by atoms with Crippen molar-refractivity contribution in [2.45, 2.75) is 25.7 Å². The van der Waals surface area contributed by atoms with Crippen LogP contribution in [0.3, 0.4) is 0 Å². The molecule has 0 saturated carbocycles. The van der Waals surface area contributed by atoms with Crippen molar-refractivity contribution in [2.24, 2.45) is 4.99 Å². The van der Waals surface area contributed by atoms with E-state index in [0.29, 0.717) is 13.0 Å². The normalized spacial score (nSPS) is 8.75. The van der Waals surface area contributed by atoms with Crippen molar-refractivity contribution < 1.29 is 13.4 Å². The number of rotatable bonds is 6. The van der Waals surface area contributed by atoms with Gasteiger partial charge < -0.3 is 3.83 Å². The number of aliphatic imine (C=N–C) groups is 1. The molecule has 0 fully saturated rings. The zero-order valence-corrected chi connectivity index (χ0v) is 8.17. The lowest BCUT2D eigenvalue weighted by Gasteiger charge is -1.95. The van der Waals surface area contributed by atoms with E-state index in [9.17, 15) is 9.59 Å². The van der Waals surface area contributed by atoms with Gasteiger partial charge in [0.25, 0.3) is 0 Å². The van der Waals surface area contributed by atoms with Gasteiger partial charge in [-0.15, -0.1) is 0 Å². The molecule has 0 heterocycles. The van der Waals surface area contributed by atoms with E-state index in [1.165, 1.54) is 6.08 Å². The van der Waals surface area contributed by atoms with Gasteiger partial charge in [-0.2, -0.15) is 0 Å². The van der Waals surface area contributed by atoms with E-state index < -0.39 is 0 Å². The van der Waals surface area contributed by atoms with Crippen LogP contribution in [0.15, 0.2) is 4.99 Å². The van der Waals surface area contributed by atoms with Crippen LogP contribution in [0.25, 0.3) is 0 Å². The van der Waals surface area contributed by atoms with Crippen LogP contribution in [0, 0.1) is 0 Å². The molecule has 0 amide bonds. The van der Waals surface area contributed by atoms with Gasteiger partial charge in [-0.1, -0.05) is 6.42 Å². The van der Waals surface area contributed by atoms with Crippen LogP contribution in [-0.2, 0) is 13.4 Å². The van der Waals surface area contributed by atoms with Crippen LogP contribution in [0.2, 0.25) is 0 Å². The highest BCUT2D eigenvalue weighted by Crippen LogP contribution is 2.02. The molecule has 0 radical (unpaired) electrons. The minimum Gasteiger partial charge on any atom is -0.384 e. The molecule has 0 aromatic rings. The Kier molecular flexibility index (Phi) is 7.96. The standard InChI is InChI=1S/C7H10BrNO3/c8-12-7(11)4-2-1-3-5-9-6-10/h1-5H2. The van der Waals surface area contributed by atoms with E-state index in [2.05, 4.69) is 25.1 Å². The smallest absolute Gasteiger partial charge is 0.317 e. The monoisotopic (exact) mass is 235 g/mol. The highest BCUT2D eigenvalue weighted by molar-refractivity contribution is 9.06. The first kappa shape index (κ1) is 11.3. The summed E-state index contributed by atoms with van der Waals surface area (Å²) in [5.74, 6) is -0.270. The first-order valence-corrected chi connectivity index (χ1v) is 4.31. The number of isocyanates is 1. The molecule has 0 atom stereocenters. The van der Waals surface area contributed by atoms with Crippen molar-refractivity contribution in [3.05, 3.63) is 0 Å². The van der Waals surface area contributed by atoms with Crippen LogP contribution in [0.1, 0.15) is 25.7 Å². The largest absolute Gasteiger partial charge is 0.384 e. The number of unbranched alkanes of at least 4 members (excludes halogenated alkanes) is 2. The molecule has 68 valence electrons. The Hall–Kier alpha value is -0.670. The highest BCUT2D eigenvalue weighted by Gasteiger charge is 1.99. The van der Waals surface area contributed by atoms with Crippen LogP contribution in [0.4, 0.5) is 0 Å². The SMILES string of the molecule is O=C=NCCCCCC(=O)OBr. The lowest BCUT2D eigenvalue weighted by molar-refractivity contribution is -0.132. The Balaban J connectivity index is 3.10. The fourth-order valence-electron chi connectivity index (χ4n) is 0.721. The fourth-order valence-corrected chi connectivity index (χ4v) is 0.883. The Morgan fingerprint density at radius 3 is 2.75 bits per heavy atom. The minimum absolute atomic E-state index is 0.270. The van der Waals surface area contributed by atoms with Gasteiger partial charge >= 0.3 is 5.97 Å². The molecular formula is C7H10BrNO3. The van der Waals surface area contributed by atoms with Crippen molar-refractivity contribution in [3.63, 3.8) is 0 Å². The molecule has 12 heavy (non-hydrogen) atoms. The summed E-state index contributed by atoms with van der Waals surface area (Å²) >= 11 is 2.59. The van der Waals surface area contributed by atoms with Crippen LogP contribution in [0.5, 0.6) is 0 Å². The number of hydrogen-bond acceptors (Lipinski definition) is 4. The van der Waals surface area contributed by atoms with Crippen LogP contribution < -0.4 is 0 Å². The van der Waals surface area contributed by atoms with Gasteiger partial charge in [-0.3, -0.25) is 4.79 Å². The predicted molar refractivity (Wildman–Crippen MR) is 46.5 cm³/mol. The summed E-state index contributed by atoms with van der Waals surface area (Å²) in [6.07, 6.45) is 4.29. The molecule has 0 aliphatic carbocycles. The first-order valence-electron chi connectivity index (χ1n) is 3.66. The number of carbonyl (C=O) groups excluding carboxylic acids is 2. The summed E-state index contributed by atoms with van der Waals surface area (Å²) < 4.78 is 4.27. The van der Waals surface area contributed by atoms with E-state index in [1.54, 1.807) is 0 Å². The fraction of sp³-hybridized carbons (Fsp3) is 0.714. The molecular weight excluding hydrogens is 226 g/mol. The van der Waals surface area contributed by atoms with E-state index in [4.69, 9.17) is 0 Å². The Bertz CT molecular complexity index is 177. The minimum atomic E-state index is -0.270. The molecule has 0 bridgehead atoms. The maximum absolute atomic E-state index is 10.5. The molecule has 0 N–H and O–H groups in total. The zero-order valence-electron chi connectivity index (χ0n) is 6.59. The summed E-state index contributed by atoms with van der Waals surface area (Å²) in [6, 6.07) is 0. The van der Waals surface area contributed by atoms with Gasteiger partial charge in [0, 0.05) is 6.42 Å². The topological polar surface area (TPSA) is 55.7 Å². The second-order valence-electron chi connectivity index (χ2n) is 2.23. The van der Waals surface area contributed by atoms with E-state index >= 15 is 0 Å². The Morgan fingerprint density at radius 1 is 1.42 bits per heavy atom. The van der Waals surface area contributed by atoms with E-state index in [1.807, 2.05) is 0 Å². The third kappa shape index (κ3) is 7.44. The molecule has 0 aromatic carbocycles. The molecule has 4 nitrogen and oxygen atoms in total. The second-order valence-corrected chi connectivity index (χ2v) is 2.56. The lowest BCUT2D eigenvalue weighted by atomic mass is 10.2. The van der Waals surface area contributed by atoms with Crippen molar-refractivity contribution in [1.29, 1.82) is 0 Å². The molecule has 5 heteroatoms. The summed E-state index contributed by atoms with van der Waals surface area (Å²) in [5.41, 5.74) is 0. The van der Waals surface area contributed by atoms with E-state index in [0.717, 1.165) is 19.3 Å². The third-order valence-electron chi connectivity index (χ3n) is 1.30. The molecule has 0 spiro atoms. The Morgan fingerprint density at radius 2 is 2.17 bits per heavy atom. The predicted octanol–water partition coefficient (Wildman–Crippen LogP) is 1.74. The number of carbonyl (C=O) groups is 1. The van der Waals surface area contributed by atoms with Gasteiger partial charge in [0.05, 0.1) is 6.54 Å². The van der Waals surface area contributed by atoms with Crippen molar-refractivity contribution in [3.8, 4) is 0 Å². The second kappa shape index (κ2) is 8.43. The highest BCUT2D eigenvalue weighted by atomic mass is 79.9. The number of halogens is 1. The van der Waals surface area contributed by atoms with Gasteiger partial charge in [0.2, 0.25) is 6.08 Å². The van der Waals surface area contributed by atoms with Gasteiger partial charge in [0.15, 0.2) is 16.3 Å². The maximum atomic E-state index is 10.5. The van der Waals surface area contributed by atoms with Crippen molar-refractivity contribution >= 4 is 28.3 Å². The van der Waals surface area contributed by atoms with Crippen LogP contribution in [-0.4, -0.2) is 18.6 Å². The van der Waals surface area contributed by atoms with Crippen molar-refractivity contribution in [2.75, 3.05) is 6.54 Å². The van der Waals surface area contributed by atoms with Gasteiger partial charge in [-0.25, -0.2) is 9.79 Å². The number of hydrogen-bond donors (Lipinski definition) is 0. The lowest BCUT2D eigenvalue weighted by Crippen LogP contribution is -1.95. The summed E-state index contributed by atoms with van der Waals surface area (Å²) in [6.45, 7) is 0.493. The average molecular weight is 236 g/mol.